The van der Waals surface area contributed by atoms with E-state index in [-0.39, 0.29) is 0 Å². The van der Waals surface area contributed by atoms with Crippen LogP contribution >= 0.6 is 11.8 Å². The van der Waals surface area contributed by atoms with E-state index in [0.29, 0.717) is 12.4 Å². The molecule has 0 bridgehead atoms. The van der Waals surface area contributed by atoms with Crippen LogP contribution in [0, 0.1) is 5.41 Å². The van der Waals surface area contributed by atoms with Gasteiger partial charge < -0.3 is 10.4 Å². The molecular weight excluding hydrogens is 238 g/mol. The van der Waals surface area contributed by atoms with Crippen molar-refractivity contribution in [3.8, 4) is 0 Å². The summed E-state index contributed by atoms with van der Waals surface area (Å²) in [7, 11) is 0. The van der Waals surface area contributed by atoms with Gasteiger partial charge >= 0.3 is 5.97 Å². The highest BCUT2D eigenvalue weighted by atomic mass is 32.2. The lowest BCUT2D eigenvalue weighted by Gasteiger charge is -2.37. The first-order chi connectivity index (χ1) is 8.16. The van der Waals surface area contributed by atoms with Gasteiger partial charge in [-0.2, -0.15) is 0 Å². The lowest BCUT2D eigenvalue weighted by atomic mass is 9.69. The van der Waals surface area contributed by atoms with Crippen molar-refractivity contribution in [3.05, 3.63) is 12.4 Å². The fourth-order valence-electron chi connectivity index (χ4n) is 1.88. The van der Waals surface area contributed by atoms with Gasteiger partial charge in [0.2, 0.25) is 0 Å². The number of nitrogens with one attached hydrogen (secondary N) is 1. The molecule has 0 radical (unpaired) electrons. The van der Waals surface area contributed by atoms with E-state index in [0.717, 1.165) is 24.3 Å². The summed E-state index contributed by atoms with van der Waals surface area (Å²) in [6.45, 7) is 0.438. The van der Waals surface area contributed by atoms with Gasteiger partial charge in [-0.05, 0) is 19.1 Å². The number of hydrogen-bond acceptors (Lipinski definition) is 5. The van der Waals surface area contributed by atoms with Crippen molar-refractivity contribution in [2.75, 3.05) is 18.1 Å². The number of carboxylic acids is 1. The minimum Gasteiger partial charge on any atom is -0.481 e. The van der Waals surface area contributed by atoms with Gasteiger partial charge in [-0.15, -0.1) is 11.8 Å². The van der Waals surface area contributed by atoms with Crippen LogP contribution in [0.15, 0.2) is 17.4 Å². The number of thioether (sulfide) groups is 1. The summed E-state index contributed by atoms with van der Waals surface area (Å²) < 4.78 is 0. The molecule has 0 saturated heterocycles. The van der Waals surface area contributed by atoms with Gasteiger partial charge in [0.1, 0.15) is 17.2 Å². The van der Waals surface area contributed by atoms with Crippen LogP contribution in [0.5, 0.6) is 0 Å². The Morgan fingerprint density at radius 1 is 1.59 bits per heavy atom. The van der Waals surface area contributed by atoms with Crippen LogP contribution in [0.25, 0.3) is 0 Å². The van der Waals surface area contributed by atoms with Gasteiger partial charge in [0.05, 0.1) is 5.41 Å². The maximum Gasteiger partial charge on any atom is 0.311 e. The van der Waals surface area contributed by atoms with Crippen molar-refractivity contribution in [2.24, 2.45) is 5.41 Å². The molecule has 6 heteroatoms. The van der Waals surface area contributed by atoms with E-state index in [2.05, 4.69) is 15.3 Å². The first-order valence-electron chi connectivity index (χ1n) is 5.50. The summed E-state index contributed by atoms with van der Waals surface area (Å²) in [6, 6.07) is 1.83. The Morgan fingerprint density at radius 3 is 2.88 bits per heavy atom. The Hall–Kier alpha value is -1.30. The zero-order valence-electron chi connectivity index (χ0n) is 9.64. The third-order valence-corrected chi connectivity index (χ3v) is 3.86. The molecule has 1 saturated carbocycles. The topological polar surface area (TPSA) is 75.1 Å². The lowest BCUT2D eigenvalue weighted by Crippen LogP contribution is -2.43. The average molecular weight is 253 g/mol. The Balaban J connectivity index is 1.99. The number of anilines is 1. The smallest absolute Gasteiger partial charge is 0.311 e. The van der Waals surface area contributed by atoms with Gasteiger partial charge in [-0.1, -0.05) is 6.42 Å². The molecule has 0 spiro atoms. The zero-order valence-corrected chi connectivity index (χ0v) is 10.5. The number of aromatic nitrogens is 2. The Kier molecular flexibility index (Phi) is 3.51. The minimum atomic E-state index is -0.713. The van der Waals surface area contributed by atoms with Crippen LogP contribution < -0.4 is 5.32 Å². The molecule has 0 aromatic carbocycles. The standard InChI is InChI=1S/C11H15N3O2S/c1-17-9-5-8(13-7-14-9)12-6-11(10(15)16)3-2-4-11/h5,7H,2-4,6H2,1H3,(H,15,16)(H,12,13,14). The van der Waals surface area contributed by atoms with Crippen molar-refractivity contribution in [1.29, 1.82) is 0 Å². The second-order valence-corrected chi connectivity index (χ2v) is 5.06. The van der Waals surface area contributed by atoms with Gasteiger partial charge in [-0.25, -0.2) is 9.97 Å². The largest absolute Gasteiger partial charge is 0.481 e. The SMILES string of the molecule is CSc1cc(NCC2(C(=O)O)CCC2)ncn1. The Labute approximate surface area is 104 Å². The van der Waals surface area contributed by atoms with Crippen LogP contribution in [-0.4, -0.2) is 33.8 Å². The quantitative estimate of drug-likeness (QED) is 0.616. The molecule has 2 rings (SSSR count). The number of rotatable bonds is 5. The summed E-state index contributed by atoms with van der Waals surface area (Å²) in [5.74, 6) is -0.0210. The first kappa shape index (κ1) is 12.2. The summed E-state index contributed by atoms with van der Waals surface area (Å²) in [5, 5.41) is 13.2. The molecule has 17 heavy (non-hydrogen) atoms. The number of carbonyl (C=O) groups is 1. The van der Waals surface area contributed by atoms with Crippen LogP contribution in [0.1, 0.15) is 19.3 Å². The predicted octanol–water partition coefficient (Wildman–Crippen LogP) is 1.87. The normalized spacial score (nSPS) is 17.2. The van der Waals surface area contributed by atoms with Crippen molar-refractivity contribution in [1.82, 2.24) is 9.97 Å². The predicted molar refractivity (Wildman–Crippen MR) is 66.2 cm³/mol. The third-order valence-electron chi connectivity index (χ3n) is 3.22. The molecule has 92 valence electrons. The molecule has 0 unspecified atom stereocenters. The minimum absolute atomic E-state index is 0.438. The molecule has 1 fully saturated rings. The second kappa shape index (κ2) is 4.91. The van der Waals surface area contributed by atoms with E-state index in [4.69, 9.17) is 0 Å². The average Bonchev–Trinajstić information content (AvgIpc) is 2.27. The highest BCUT2D eigenvalue weighted by Gasteiger charge is 2.44. The number of carboxylic acid groups (broad SMARTS) is 1. The number of hydrogen-bond donors (Lipinski definition) is 2. The van der Waals surface area contributed by atoms with Crippen LogP contribution in [0.2, 0.25) is 0 Å². The highest BCUT2D eigenvalue weighted by molar-refractivity contribution is 7.98. The van der Waals surface area contributed by atoms with E-state index in [1.54, 1.807) is 0 Å². The van der Waals surface area contributed by atoms with E-state index in [1.165, 1.54) is 18.1 Å². The Bertz CT molecular complexity index is 421. The molecule has 1 aliphatic carbocycles. The maximum absolute atomic E-state index is 11.2. The molecule has 1 aliphatic rings. The molecule has 2 N–H and O–H groups in total. The molecule has 1 heterocycles. The first-order valence-corrected chi connectivity index (χ1v) is 6.72. The van der Waals surface area contributed by atoms with E-state index < -0.39 is 11.4 Å². The third kappa shape index (κ3) is 2.52. The van der Waals surface area contributed by atoms with Crippen molar-refractivity contribution < 1.29 is 9.90 Å². The number of nitrogens with zero attached hydrogens (tertiary/aromatic N) is 2. The van der Waals surface area contributed by atoms with E-state index >= 15 is 0 Å². The highest BCUT2D eigenvalue weighted by Crippen LogP contribution is 2.41. The molecule has 5 nitrogen and oxygen atoms in total. The summed E-state index contributed by atoms with van der Waals surface area (Å²) in [6.07, 6.45) is 5.92. The van der Waals surface area contributed by atoms with E-state index in [9.17, 15) is 9.90 Å². The maximum atomic E-state index is 11.2. The Morgan fingerprint density at radius 2 is 2.35 bits per heavy atom. The van der Waals surface area contributed by atoms with Gasteiger partial charge in [0, 0.05) is 12.6 Å². The van der Waals surface area contributed by atoms with Gasteiger partial charge in [-0.3, -0.25) is 4.79 Å². The molecule has 0 amide bonds. The molecule has 0 aliphatic heterocycles. The molecule has 1 aromatic heterocycles. The van der Waals surface area contributed by atoms with Gasteiger partial charge in [0.15, 0.2) is 0 Å². The number of aliphatic carboxylic acids is 1. The van der Waals surface area contributed by atoms with Crippen molar-refractivity contribution in [3.63, 3.8) is 0 Å². The molecule has 0 atom stereocenters. The molecule has 1 aromatic rings. The second-order valence-electron chi connectivity index (χ2n) is 4.24. The summed E-state index contributed by atoms with van der Waals surface area (Å²) in [4.78, 5) is 19.3. The monoisotopic (exact) mass is 253 g/mol. The fourth-order valence-corrected chi connectivity index (χ4v) is 2.26. The van der Waals surface area contributed by atoms with Crippen LogP contribution in [-0.2, 0) is 4.79 Å². The van der Waals surface area contributed by atoms with Gasteiger partial charge in [0.25, 0.3) is 0 Å². The summed E-state index contributed by atoms with van der Waals surface area (Å²) in [5.41, 5.74) is -0.593. The van der Waals surface area contributed by atoms with Crippen LogP contribution in [0.3, 0.4) is 0 Å². The lowest BCUT2D eigenvalue weighted by molar-refractivity contribution is -0.153. The zero-order chi connectivity index (χ0) is 12.3. The fraction of sp³-hybridized carbons (Fsp3) is 0.545. The van der Waals surface area contributed by atoms with E-state index in [1.807, 2.05) is 12.3 Å². The van der Waals surface area contributed by atoms with Crippen molar-refractivity contribution >= 4 is 23.5 Å². The van der Waals surface area contributed by atoms with Crippen molar-refractivity contribution in [2.45, 2.75) is 24.3 Å². The molecular formula is C11H15N3O2S. The van der Waals surface area contributed by atoms with Crippen LogP contribution in [0.4, 0.5) is 5.82 Å². The summed E-state index contributed by atoms with van der Waals surface area (Å²) >= 11 is 1.53.